The molecule has 7 nitrogen and oxygen atoms in total. The van der Waals surface area contributed by atoms with Crippen LogP contribution in [-0.4, -0.2) is 41.3 Å². The molecule has 0 radical (unpaired) electrons. The lowest BCUT2D eigenvalue weighted by Gasteiger charge is -2.10. The maximum Gasteiger partial charge on any atom is 0.338 e. The summed E-state index contributed by atoms with van der Waals surface area (Å²) in [6, 6.07) is 12.2. The first-order valence-corrected chi connectivity index (χ1v) is 10.5. The third-order valence-corrected chi connectivity index (χ3v) is 5.19. The van der Waals surface area contributed by atoms with Crippen LogP contribution < -0.4 is 9.46 Å². The number of hydrogen-bond acceptors (Lipinski definition) is 6. The second-order valence-electron chi connectivity index (χ2n) is 5.98. The minimum atomic E-state index is -3.75. The van der Waals surface area contributed by atoms with Crippen molar-refractivity contribution in [3.8, 4) is 5.75 Å². The summed E-state index contributed by atoms with van der Waals surface area (Å²) in [5.74, 6) is 0.133. The maximum atomic E-state index is 12.5. The van der Waals surface area contributed by atoms with Gasteiger partial charge < -0.3 is 14.2 Å². The summed E-state index contributed by atoms with van der Waals surface area (Å²) in [5.41, 5.74) is 0.724. The van der Waals surface area contributed by atoms with Crippen molar-refractivity contribution in [3.63, 3.8) is 0 Å². The average molecular weight is 407 g/mol. The van der Waals surface area contributed by atoms with E-state index in [1.54, 1.807) is 19.2 Å². The van der Waals surface area contributed by atoms with Gasteiger partial charge in [-0.3, -0.25) is 4.72 Å². The zero-order chi connectivity index (χ0) is 20.4. The van der Waals surface area contributed by atoms with Gasteiger partial charge in [0.2, 0.25) is 0 Å². The molecule has 2 rings (SSSR count). The Hall–Kier alpha value is -2.58. The van der Waals surface area contributed by atoms with Crippen molar-refractivity contribution in [2.45, 2.75) is 24.7 Å². The zero-order valence-electron chi connectivity index (χ0n) is 16.0. The Morgan fingerprint density at radius 2 is 1.64 bits per heavy atom. The van der Waals surface area contributed by atoms with Crippen LogP contribution in [0.2, 0.25) is 0 Å². The molecular weight excluding hydrogens is 382 g/mol. The fourth-order valence-corrected chi connectivity index (χ4v) is 3.30. The van der Waals surface area contributed by atoms with Gasteiger partial charge in [0.05, 0.1) is 23.7 Å². The van der Waals surface area contributed by atoms with Gasteiger partial charge in [0.15, 0.2) is 0 Å². The van der Waals surface area contributed by atoms with E-state index in [0.29, 0.717) is 36.8 Å². The van der Waals surface area contributed by atoms with E-state index in [4.69, 9.17) is 14.2 Å². The van der Waals surface area contributed by atoms with E-state index < -0.39 is 16.0 Å². The van der Waals surface area contributed by atoms with E-state index in [0.717, 1.165) is 12.8 Å². The van der Waals surface area contributed by atoms with Crippen LogP contribution in [0.5, 0.6) is 5.75 Å². The van der Waals surface area contributed by atoms with Crippen LogP contribution in [0.25, 0.3) is 0 Å². The van der Waals surface area contributed by atoms with Gasteiger partial charge in [-0.1, -0.05) is 13.3 Å². The summed E-state index contributed by atoms with van der Waals surface area (Å²) in [6.07, 6.45) is 1.74. The predicted octanol–water partition coefficient (Wildman–Crippen LogP) is 3.47. The largest absolute Gasteiger partial charge is 0.491 e. The van der Waals surface area contributed by atoms with Crippen LogP contribution in [0, 0.1) is 0 Å². The summed E-state index contributed by atoms with van der Waals surface area (Å²) >= 11 is 0. The van der Waals surface area contributed by atoms with Crippen LogP contribution in [0.1, 0.15) is 30.1 Å². The number of nitrogens with one attached hydrogen (secondary N) is 1. The van der Waals surface area contributed by atoms with Gasteiger partial charge in [-0.15, -0.1) is 0 Å². The lowest BCUT2D eigenvalue weighted by Crippen LogP contribution is -2.13. The normalized spacial score (nSPS) is 11.1. The van der Waals surface area contributed by atoms with Gasteiger partial charge in [-0.05, 0) is 55.0 Å². The maximum absolute atomic E-state index is 12.5. The van der Waals surface area contributed by atoms with Gasteiger partial charge in [0.25, 0.3) is 10.0 Å². The van der Waals surface area contributed by atoms with Gasteiger partial charge in [-0.2, -0.15) is 0 Å². The number of carbonyl (C=O) groups is 1. The molecule has 0 saturated carbocycles. The Morgan fingerprint density at radius 1 is 0.964 bits per heavy atom. The zero-order valence-corrected chi connectivity index (χ0v) is 16.8. The van der Waals surface area contributed by atoms with Crippen molar-refractivity contribution in [2.75, 3.05) is 31.7 Å². The molecule has 0 atom stereocenters. The van der Waals surface area contributed by atoms with Gasteiger partial charge in [-0.25, -0.2) is 13.2 Å². The lowest BCUT2D eigenvalue weighted by atomic mass is 10.2. The number of methoxy groups -OCH3 is 1. The molecule has 0 aliphatic heterocycles. The highest BCUT2D eigenvalue weighted by Gasteiger charge is 2.15. The first-order chi connectivity index (χ1) is 13.5. The topological polar surface area (TPSA) is 90.9 Å². The first-order valence-electron chi connectivity index (χ1n) is 8.98. The Labute approximate surface area is 165 Å². The second-order valence-corrected chi connectivity index (χ2v) is 7.67. The molecule has 152 valence electrons. The summed E-state index contributed by atoms with van der Waals surface area (Å²) in [6.45, 7) is 3.21. The van der Waals surface area contributed by atoms with E-state index in [1.165, 1.54) is 36.4 Å². The summed E-state index contributed by atoms with van der Waals surface area (Å²) in [7, 11) is -2.18. The molecule has 2 aromatic carbocycles. The molecular formula is C20H25NO6S. The van der Waals surface area contributed by atoms with Crippen LogP contribution >= 0.6 is 0 Å². The molecule has 0 fully saturated rings. The predicted molar refractivity (Wildman–Crippen MR) is 106 cm³/mol. The van der Waals surface area contributed by atoms with E-state index in [2.05, 4.69) is 4.72 Å². The third-order valence-electron chi connectivity index (χ3n) is 3.79. The highest BCUT2D eigenvalue weighted by molar-refractivity contribution is 7.92. The van der Waals surface area contributed by atoms with E-state index in [9.17, 15) is 13.2 Å². The molecule has 2 aromatic rings. The number of carbonyl (C=O) groups excluding carboxylic acids is 1. The van der Waals surface area contributed by atoms with Crippen LogP contribution in [0.3, 0.4) is 0 Å². The van der Waals surface area contributed by atoms with Crippen molar-refractivity contribution in [3.05, 3.63) is 54.1 Å². The molecule has 0 spiro atoms. The number of esters is 1. The van der Waals surface area contributed by atoms with E-state index in [-0.39, 0.29) is 4.90 Å². The molecule has 0 bridgehead atoms. The van der Waals surface area contributed by atoms with Crippen molar-refractivity contribution < 1.29 is 27.4 Å². The van der Waals surface area contributed by atoms with Crippen molar-refractivity contribution in [1.29, 1.82) is 0 Å². The second kappa shape index (κ2) is 10.7. The third kappa shape index (κ3) is 6.54. The number of sulfonamides is 1. The molecule has 0 amide bonds. The number of anilines is 1. The van der Waals surface area contributed by atoms with Crippen molar-refractivity contribution in [1.82, 2.24) is 0 Å². The fraction of sp³-hybridized carbons (Fsp3) is 0.350. The number of rotatable bonds is 11. The molecule has 0 aliphatic carbocycles. The van der Waals surface area contributed by atoms with Crippen molar-refractivity contribution in [2.24, 2.45) is 0 Å². The van der Waals surface area contributed by atoms with E-state index in [1.807, 2.05) is 6.92 Å². The molecule has 0 heterocycles. The molecule has 0 aromatic heterocycles. The quantitative estimate of drug-likeness (QED) is 0.453. The highest BCUT2D eigenvalue weighted by Crippen LogP contribution is 2.20. The molecule has 1 N–H and O–H groups in total. The van der Waals surface area contributed by atoms with Crippen LogP contribution in [0.15, 0.2) is 53.4 Å². The molecule has 8 heteroatoms. The number of unbranched alkanes of at least 4 members (excludes halogenated alkanes) is 1. The SMILES string of the molecule is CCCCOC(=O)c1ccc(NS(=O)(=O)c2ccc(OCCOC)cc2)cc1. The Morgan fingerprint density at radius 3 is 2.25 bits per heavy atom. The fourth-order valence-electron chi connectivity index (χ4n) is 2.24. The minimum absolute atomic E-state index is 0.106. The molecule has 0 saturated heterocycles. The van der Waals surface area contributed by atoms with Crippen LogP contribution in [-0.2, 0) is 19.5 Å². The molecule has 28 heavy (non-hydrogen) atoms. The first kappa shape index (κ1) is 21.7. The average Bonchev–Trinajstić information content (AvgIpc) is 2.69. The number of hydrogen-bond donors (Lipinski definition) is 1. The number of benzene rings is 2. The van der Waals surface area contributed by atoms with Crippen LogP contribution in [0.4, 0.5) is 5.69 Å². The Bertz CT molecular complexity index is 847. The number of ether oxygens (including phenoxy) is 3. The van der Waals surface area contributed by atoms with Crippen molar-refractivity contribution >= 4 is 21.7 Å². The van der Waals surface area contributed by atoms with Gasteiger partial charge >= 0.3 is 5.97 Å². The minimum Gasteiger partial charge on any atom is -0.491 e. The molecule has 0 aliphatic rings. The Balaban J connectivity index is 1.98. The smallest absolute Gasteiger partial charge is 0.338 e. The standard InChI is InChI=1S/C20H25NO6S/c1-3-4-13-27-20(22)16-5-7-17(8-6-16)21-28(23,24)19-11-9-18(10-12-19)26-15-14-25-2/h5-12,21H,3-4,13-15H2,1-2H3. The monoisotopic (exact) mass is 407 g/mol. The van der Waals surface area contributed by atoms with E-state index >= 15 is 0 Å². The molecule has 0 unspecified atom stereocenters. The van der Waals surface area contributed by atoms with Gasteiger partial charge in [0, 0.05) is 12.8 Å². The summed E-state index contributed by atoms with van der Waals surface area (Å²) in [5, 5.41) is 0. The highest BCUT2D eigenvalue weighted by atomic mass is 32.2. The lowest BCUT2D eigenvalue weighted by molar-refractivity contribution is 0.0500. The summed E-state index contributed by atoms with van der Waals surface area (Å²) < 4.78 is 42.9. The Kier molecular flexibility index (Phi) is 8.28. The summed E-state index contributed by atoms with van der Waals surface area (Å²) in [4.78, 5) is 12.0. The van der Waals surface area contributed by atoms with Gasteiger partial charge in [0.1, 0.15) is 12.4 Å².